The Morgan fingerprint density at radius 1 is 1.36 bits per heavy atom. The zero-order valence-corrected chi connectivity index (χ0v) is 14.1. The summed E-state index contributed by atoms with van der Waals surface area (Å²) in [5.74, 6) is 0.143. The summed E-state index contributed by atoms with van der Waals surface area (Å²) in [6, 6.07) is 10.9. The van der Waals surface area contributed by atoms with E-state index >= 15 is 0 Å². The van der Waals surface area contributed by atoms with Gasteiger partial charge in [-0.2, -0.15) is 0 Å². The van der Waals surface area contributed by atoms with Crippen LogP contribution in [0.1, 0.15) is 41.3 Å². The van der Waals surface area contributed by atoms with Crippen molar-refractivity contribution in [1.82, 2.24) is 20.3 Å². The van der Waals surface area contributed by atoms with Gasteiger partial charge in [0.05, 0.1) is 18.1 Å². The third kappa shape index (κ3) is 4.13. The van der Waals surface area contributed by atoms with E-state index in [0.29, 0.717) is 12.2 Å². The normalized spacial score (nSPS) is 13.4. The molecular formula is C18H20N4O3. The van der Waals surface area contributed by atoms with Gasteiger partial charge in [0, 0.05) is 12.5 Å². The van der Waals surface area contributed by atoms with E-state index in [2.05, 4.69) is 15.6 Å². The molecule has 2 N–H and O–H groups in total. The van der Waals surface area contributed by atoms with E-state index in [1.54, 1.807) is 23.0 Å². The average molecular weight is 340 g/mol. The minimum absolute atomic E-state index is 0.223. The topological polar surface area (TPSA) is 93.2 Å². The molecular weight excluding hydrogens is 320 g/mol. The number of amides is 1. The number of aryl methyl sites for hydroxylation is 1. The molecule has 2 atom stereocenters. The van der Waals surface area contributed by atoms with Crippen molar-refractivity contribution < 1.29 is 14.3 Å². The fraction of sp³-hybridized carbons (Fsp3) is 0.278. The van der Waals surface area contributed by atoms with Crippen molar-refractivity contribution in [2.24, 2.45) is 0 Å². The number of aromatic nitrogens is 3. The fourth-order valence-electron chi connectivity index (χ4n) is 2.55. The second-order valence-electron chi connectivity index (χ2n) is 6.03. The van der Waals surface area contributed by atoms with Crippen molar-refractivity contribution in [2.45, 2.75) is 32.4 Å². The maximum Gasteiger partial charge on any atom is 0.273 e. The maximum absolute atomic E-state index is 12.3. The van der Waals surface area contributed by atoms with Crippen LogP contribution in [0.25, 0.3) is 5.69 Å². The maximum atomic E-state index is 12.3. The number of nitrogens with zero attached hydrogens (tertiary/aromatic N) is 3. The number of hydrogen-bond donors (Lipinski definition) is 2. The van der Waals surface area contributed by atoms with Gasteiger partial charge in [0.25, 0.3) is 5.91 Å². The van der Waals surface area contributed by atoms with Crippen LogP contribution in [-0.2, 0) is 0 Å². The number of carbonyl (C=O) groups excluding carboxylic acids is 1. The molecule has 7 heteroatoms. The third-order valence-corrected chi connectivity index (χ3v) is 3.82. The van der Waals surface area contributed by atoms with Gasteiger partial charge in [-0.15, -0.1) is 5.10 Å². The minimum Gasteiger partial charge on any atom is -0.467 e. The summed E-state index contributed by atoms with van der Waals surface area (Å²) >= 11 is 0. The van der Waals surface area contributed by atoms with Crippen molar-refractivity contribution in [1.29, 1.82) is 0 Å². The van der Waals surface area contributed by atoms with Crippen LogP contribution in [0.15, 0.2) is 53.3 Å². The number of benzene rings is 1. The van der Waals surface area contributed by atoms with Gasteiger partial charge >= 0.3 is 0 Å². The fourth-order valence-corrected chi connectivity index (χ4v) is 2.55. The van der Waals surface area contributed by atoms with Gasteiger partial charge in [0.2, 0.25) is 0 Å². The highest BCUT2D eigenvalue weighted by Crippen LogP contribution is 2.18. The van der Waals surface area contributed by atoms with Gasteiger partial charge in [-0.3, -0.25) is 4.79 Å². The molecule has 0 aliphatic rings. The summed E-state index contributed by atoms with van der Waals surface area (Å²) in [5, 5.41) is 20.8. The van der Waals surface area contributed by atoms with E-state index in [1.807, 2.05) is 38.1 Å². The van der Waals surface area contributed by atoms with Gasteiger partial charge in [0.15, 0.2) is 5.69 Å². The van der Waals surface area contributed by atoms with E-state index in [-0.39, 0.29) is 17.6 Å². The predicted molar refractivity (Wildman–Crippen MR) is 91.3 cm³/mol. The lowest BCUT2D eigenvalue weighted by Gasteiger charge is -2.15. The van der Waals surface area contributed by atoms with Gasteiger partial charge in [0.1, 0.15) is 11.9 Å². The summed E-state index contributed by atoms with van der Waals surface area (Å²) in [6.45, 7) is 3.80. The lowest BCUT2D eigenvalue weighted by atomic mass is 10.1. The Morgan fingerprint density at radius 3 is 2.92 bits per heavy atom. The molecule has 130 valence electrons. The molecule has 0 fully saturated rings. The number of aliphatic hydroxyl groups is 1. The molecule has 0 aliphatic heterocycles. The molecule has 1 aromatic carbocycles. The van der Waals surface area contributed by atoms with E-state index < -0.39 is 6.10 Å². The number of hydrogen-bond acceptors (Lipinski definition) is 5. The number of furan rings is 1. The van der Waals surface area contributed by atoms with Gasteiger partial charge in [-0.1, -0.05) is 17.3 Å². The molecule has 0 spiro atoms. The first kappa shape index (κ1) is 16.9. The van der Waals surface area contributed by atoms with E-state index in [4.69, 9.17) is 4.42 Å². The molecule has 0 saturated carbocycles. The van der Waals surface area contributed by atoms with Gasteiger partial charge < -0.3 is 14.8 Å². The molecule has 2 aromatic heterocycles. The van der Waals surface area contributed by atoms with Crippen LogP contribution in [0.3, 0.4) is 0 Å². The molecule has 2 heterocycles. The highest BCUT2D eigenvalue weighted by atomic mass is 16.4. The first-order chi connectivity index (χ1) is 12.0. The molecule has 0 radical (unpaired) electrons. The van der Waals surface area contributed by atoms with Crippen LogP contribution in [0, 0.1) is 6.92 Å². The molecule has 1 amide bonds. The highest BCUT2D eigenvalue weighted by Gasteiger charge is 2.18. The van der Waals surface area contributed by atoms with E-state index in [9.17, 15) is 9.90 Å². The standard InChI is InChI=1S/C18H20N4O3/c1-12-5-3-6-14(9-12)22-11-15(20-21-22)18(24)19-13(2)10-16(23)17-7-4-8-25-17/h3-9,11,13,16,23H,10H2,1-2H3,(H,19,24). The summed E-state index contributed by atoms with van der Waals surface area (Å²) in [6.07, 6.45) is 2.66. The van der Waals surface area contributed by atoms with Crippen molar-refractivity contribution in [3.8, 4) is 5.69 Å². The SMILES string of the molecule is Cc1cccc(-n2cc(C(=O)NC(C)CC(O)c3ccco3)nn2)c1. The van der Waals surface area contributed by atoms with Crippen LogP contribution < -0.4 is 5.32 Å². The Labute approximate surface area is 145 Å². The van der Waals surface area contributed by atoms with Crippen molar-refractivity contribution >= 4 is 5.91 Å². The summed E-state index contributed by atoms with van der Waals surface area (Å²) in [5.41, 5.74) is 2.16. The van der Waals surface area contributed by atoms with Gasteiger partial charge in [-0.05, 0) is 43.7 Å². The zero-order valence-electron chi connectivity index (χ0n) is 14.1. The molecule has 7 nitrogen and oxygen atoms in total. The van der Waals surface area contributed by atoms with Crippen LogP contribution in [-0.4, -0.2) is 32.0 Å². The summed E-state index contributed by atoms with van der Waals surface area (Å²) in [7, 11) is 0. The predicted octanol–water partition coefficient (Wildman–Crippen LogP) is 2.41. The van der Waals surface area contributed by atoms with Crippen molar-refractivity contribution in [3.05, 3.63) is 65.9 Å². The second-order valence-corrected chi connectivity index (χ2v) is 6.03. The Hall–Kier alpha value is -2.93. The molecule has 0 saturated heterocycles. The molecule has 0 bridgehead atoms. The van der Waals surface area contributed by atoms with Crippen molar-refractivity contribution in [3.63, 3.8) is 0 Å². The average Bonchev–Trinajstić information content (AvgIpc) is 3.26. The van der Waals surface area contributed by atoms with Crippen LogP contribution >= 0.6 is 0 Å². The molecule has 25 heavy (non-hydrogen) atoms. The largest absolute Gasteiger partial charge is 0.467 e. The Bertz CT molecular complexity index is 842. The minimum atomic E-state index is -0.770. The smallest absolute Gasteiger partial charge is 0.273 e. The number of nitrogens with one attached hydrogen (secondary N) is 1. The van der Waals surface area contributed by atoms with E-state index in [0.717, 1.165) is 11.3 Å². The molecule has 3 rings (SSSR count). The summed E-state index contributed by atoms with van der Waals surface area (Å²) < 4.78 is 6.72. The second kappa shape index (κ2) is 7.31. The highest BCUT2D eigenvalue weighted by molar-refractivity contribution is 5.92. The van der Waals surface area contributed by atoms with Crippen LogP contribution in [0.4, 0.5) is 0 Å². The molecule has 2 unspecified atom stereocenters. The third-order valence-electron chi connectivity index (χ3n) is 3.82. The Balaban J connectivity index is 1.62. The summed E-state index contributed by atoms with van der Waals surface area (Å²) in [4.78, 5) is 12.3. The number of carbonyl (C=O) groups is 1. The molecule has 0 aliphatic carbocycles. The Kier molecular flexibility index (Phi) is 4.95. The molecule has 3 aromatic rings. The lowest BCUT2D eigenvalue weighted by Crippen LogP contribution is -2.34. The Morgan fingerprint density at radius 2 is 2.20 bits per heavy atom. The lowest BCUT2D eigenvalue weighted by molar-refractivity contribution is 0.0898. The number of aliphatic hydroxyl groups excluding tert-OH is 1. The first-order valence-corrected chi connectivity index (χ1v) is 8.04. The van der Waals surface area contributed by atoms with Crippen LogP contribution in [0.5, 0.6) is 0 Å². The number of rotatable bonds is 6. The van der Waals surface area contributed by atoms with Crippen LogP contribution in [0.2, 0.25) is 0 Å². The quantitative estimate of drug-likeness (QED) is 0.719. The monoisotopic (exact) mass is 340 g/mol. The van der Waals surface area contributed by atoms with E-state index in [1.165, 1.54) is 6.26 Å². The van der Waals surface area contributed by atoms with Crippen molar-refractivity contribution in [2.75, 3.05) is 0 Å². The van der Waals surface area contributed by atoms with Gasteiger partial charge in [-0.25, -0.2) is 4.68 Å². The zero-order chi connectivity index (χ0) is 17.8. The first-order valence-electron chi connectivity index (χ1n) is 8.04.